The van der Waals surface area contributed by atoms with Crippen molar-refractivity contribution >= 4 is 11.6 Å². The molecule has 4 rings (SSSR count). The standard InChI is InChI=1S/C17H25N3O/c1-2-8-18-17(21)14-4-3-5-15(11-14)19-16-12-20-9-6-13(16)7-10-20/h3-5,11,13,16,19H,2,6-10,12H2,1H3,(H,18,21). The maximum atomic E-state index is 12.0. The molecule has 3 fully saturated rings. The summed E-state index contributed by atoms with van der Waals surface area (Å²) < 4.78 is 0. The minimum atomic E-state index is 0.0226. The average molecular weight is 287 g/mol. The quantitative estimate of drug-likeness (QED) is 0.873. The third-order valence-electron chi connectivity index (χ3n) is 4.67. The fourth-order valence-electron chi connectivity index (χ4n) is 3.43. The molecule has 0 saturated carbocycles. The Morgan fingerprint density at radius 3 is 2.81 bits per heavy atom. The molecule has 21 heavy (non-hydrogen) atoms. The van der Waals surface area contributed by atoms with Gasteiger partial charge in [0, 0.05) is 30.4 Å². The van der Waals surface area contributed by atoms with Crippen molar-refractivity contribution in [1.29, 1.82) is 0 Å². The number of rotatable bonds is 5. The van der Waals surface area contributed by atoms with Gasteiger partial charge in [0.05, 0.1) is 0 Å². The van der Waals surface area contributed by atoms with Gasteiger partial charge in [-0.25, -0.2) is 0 Å². The molecule has 3 aliphatic rings. The molecule has 114 valence electrons. The van der Waals surface area contributed by atoms with Crippen molar-refractivity contribution in [2.24, 2.45) is 5.92 Å². The summed E-state index contributed by atoms with van der Waals surface area (Å²) in [6.07, 6.45) is 3.56. The van der Waals surface area contributed by atoms with Crippen LogP contribution in [0.25, 0.3) is 0 Å². The van der Waals surface area contributed by atoms with Gasteiger partial charge in [-0.3, -0.25) is 4.79 Å². The summed E-state index contributed by atoms with van der Waals surface area (Å²) in [6, 6.07) is 8.41. The lowest BCUT2D eigenvalue weighted by Crippen LogP contribution is -2.53. The fraction of sp³-hybridized carbons (Fsp3) is 0.588. The molecule has 3 aliphatic heterocycles. The van der Waals surface area contributed by atoms with E-state index in [4.69, 9.17) is 0 Å². The Kier molecular flexibility index (Phi) is 4.44. The van der Waals surface area contributed by atoms with Gasteiger partial charge in [0.25, 0.3) is 5.91 Å². The SMILES string of the molecule is CCCNC(=O)c1cccc(NC2CN3CCC2CC3)c1. The second-order valence-electron chi connectivity index (χ2n) is 6.23. The van der Waals surface area contributed by atoms with E-state index >= 15 is 0 Å². The van der Waals surface area contributed by atoms with Crippen molar-refractivity contribution < 1.29 is 4.79 Å². The summed E-state index contributed by atoms with van der Waals surface area (Å²) in [6.45, 7) is 6.43. The molecule has 0 radical (unpaired) electrons. The topological polar surface area (TPSA) is 44.4 Å². The van der Waals surface area contributed by atoms with Gasteiger partial charge in [0.2, 0.25) is 0 Å². The minimum absolute atomic E-state index is 0.0226. The number of nitrogens with zero attached hydrogens (tertiary/aromatic N) is 1. The second-order valence-corrected chi connectivity index (χ2v) is 6.23. The Bertz CT molecular complexity index is 495. The highest BCUT2D eigenvalue weighted by Crippen LogP contribution is 2.29. The van der Waals surface area contributed by atoms with E-state index in [9.17, 15) is 4.79 Å². The van der Waals surface area contributed by atoms with Gasteiger partial charge in [0.15, 0.2) is 0 Å². The Morgan fingerprint density at radius 2 is 2.14 bits per heavy atom. The number of piperidine rings is 3. The first kappa shape index (κ1) is 14.4. The van der Waals surface area contributed by atoms with E-state index in [0.29, 0.717) is 6.04 Å². The van der Waals surface area contributed by atoms with Crippen LogP contribution in [0.5, 0.6) is 0 Å². The Balaban J connectivity index is 1.64. The number of nitrogens with one attached hydrogen (secondary N) is 2. The smallest absolute Gasteiger partial charge is 0.251 e. The number of carbonyl (C=O) groups is 1. The molecule has 1 aromatic rings. The van der Waals surface area contributed by atoms with Crippen LogP contribution >= 0.6 is 0 Å². The van der Waals surface area contributed by atoms with E-state index in [-0.39, 0.29) is 5.91 Å². The van der Waals surface area contributed by atoms with E-state index in [1.165, 1.54) is 25.9 Å². The van der Waals surface area contributed by atoms with Crippen LogP contribution in [-0.2, 0) is 0 Å². The normalized spacial score (nSPS) is 27.4. The molecule has 1 atom stereocenters. The zero-order valence-corrected chi connectivity index (χ0v) is 12.8. The Morgan fingerprint density at radius 1 is 1.33 bits per heavy atom. The molecule has 2 bridgehead atoms. The molecule has 3 saturated heterocycles. The van der Waals surface area contributed by atoms with E-state index in [1.54, 1.807) is 0 Å². The summed E-state index contributed by atoms with van der Waals surface area (Å²) in [5.41, 5.74) is 1.81. The van der Waals surface area contributed by atoms with Gasteiger partial charge in [0.1, 0.15) is 0 Å². The predicted octanol–water partition coefficient (Wildman–Crippen LogP) is 2.33. The lowest BCUT2D eigenvalue weighted by Gasteiger charge is -2.45. The van der Waals surface area contributed by atoms with Gasteiger partial charge < -0.3 is 15.5 Å². The summed E-state index contributed by atoms with van der Waals surface area (Å²) >= 11 is 0. The van der Waals surface area contributed by atoms with Gasteiger partial charge in [-0.2, -0.15) is 0 Å². The molecule has 0 aromatic heterocycles. The molecule has 1 unspecified atom stereocenters. The van der Waals surface area contributed by atoms with Crippen LogP contribution in [0.4, 0.5) is 5.69 Å². The van der Waals surface area contributed by atoms with Crippen molar-refractivity contribution in [3.05, 3.63) is 29.8 Å². The number of hydrogen-bond donors (Lipinski definition) is 2. The number of fused-ring (bicyclic) bond motifs is 3. The molecular formula is C17H25N3O. The van der Waals surface area contributed by atoms with Crippen molar-refractivity contribution in [3.8, 4) is 0 Å². The number of carbonyl (C=O) groups excluding carboxylic acids is 1. The molecule has 4 heteroatoms. The van der Waals surface area contributed by atoms with Crippen molar-refractivity contribution in [2.45, 2.75) is 32.2 Å². The van der Waals surface area contributed by atoms with Crippen LogP contribution in [-0.4, -0.2) is 43.0 Å². The maximum Gasteiger partial charge on any atom is 0.251 e. The molecule has 1 amide bonds. The largest absolute Gasteiger partial charge is 0.381 e. The van der Waals surface area contributed by atoms with Gasteiger partial charge in [-0.05, 0) is 56.5 Å². The van der Waals surface area contributed by atoms with E-state index in [2.05, 4.69) is 28.5 Å². The first-order valence-electron chi connectivity index (χ1n) is 8.13. The van der Waals surface area contributed by atoms with Gasteiger partial charge in [-0.1, -0.05) is 13.0 Å². The number of amides is 1. The highest BCUT2D eigenvalue weighted by atomic mass is 16.1. The highest BCUT2D eigenvalue weighted by molar-refractivity contribution is 5.95. The third-order valence-corrected chi connectivity index (χ3v) is 4.67. The van der Waals surface area contributed by atoms with Gasteiger partial charge >= 0.3 is 0 Å². The van der Waals surface area contributed by atoms with Crippen LogP contribution in [0.15, 0.2) is 24.3 Å². The monoisotopic (exact) mass is 287 g/mol. The van der Waals surface area contributed by atoms with E-state index in [0.717, 1.165) is 36.7 Å². The van der Waals surface area contributed by atoms with Crippen LogP contribution in [0.2, 0.25) is 0 Å². The number of hydrogen-bond acceptors (Lipinski definition) is 3. The zero-order chi connectivity index (χ0) is 14.7. The first-order chi connectivity index (χ1) is 10.3. The van der Waals surface area contributed by atoms with E-state index < -0.39 is 0 Å². The summed E-state index contributed by atoms with van der Waals surface area (Å²) in [4.78, 5) is 14.6. The second kappa shape index (κ2) is 6.48. The van der Waals surface area contributed by atoms with E-state index in [1.807, 2.05) is 18.2 Å². The summed E-state index contributed by atoms with van der Waals surface area (Å²) in [5.74, 6) is 0.807. The number of anilines is 1. The molecule has 3 heterocycles. The summed E-state index contributed by atoms with van der Waals surface area (Å²) in [7, 11) is 0. The van der Waals surface area contributed by atoms with Crippen LogP contribution in [0.1, 0.15) is 36.5 Å². The van der Waals surface area contributed by atoms with Crippen LogP contribution in [0, 0.1) is 5.92 Å². The first-order valence-corrected chi connectivity index (χ1v) is 8.13. The predicted molar refractivity (Wildman–Crippen MR) is 85.6 cm³/mol. The maximum absolute atomic E-state index is 12.0. The molecule has 4 nitrogen and oxygen atoms in total. The molecule has 0 spiro atoms. The lowest BCUT2D eigenvalue weighted by molar-refractivity contribution is 0.0953. The number of benzene rings is 1. The summed E-state index contributed by atoms with van der Waals surface area (Å²) in [5, 5.41) is 6.57. The van der Waals surface area contributed by atoms with Crippen LogP contribution in [0.3, 0.4) is 0 Å². The highest BCUT2D eigenvalue weighted by Gasteiger charge is 2.33. The van der Waals surface area contributed by atoms with Crippen molar-refractivity contribution in [1.82, 2.24) is 10.2 Å². The fourth-order valence-corrected chi connectivity index (χ4v) is 3.43. The Labute approximate surface area is 126 Å². The van der Waals surface area contributed by atoms with Crippen LogP contribution < -0.4 is 10.6 Å². The lowest BCUT2D eigenvalue weighted by atomic mass is 9.84. The zero-order valence-electron chi connectivity index (χ0n) is 12.8. The molecule has 1 aromatic carbocycles. The Hall–Kier alpha value is -1.55. The third kappa shape index (κ3) is 3.38. The molecule has 0 aliphatic carbocycles. The molecular weight excluding hydrogens is 262 g/mol. The van der Waals surface area contributed by atoms with Crippen molar-refractivity contribution in [2.75, 3.05) is 31.5 Å². The average Bonchev–Trinajstić information content (AvgIpc) is 2.54. The van der Waals surface area contributed by atoms with Crippen molar-refractivity contribution in [3.63, 3.8) is 0 Å². The minimum Gasteiger partial charge on any atom is -0.381 e. The molecule has 2 N–H and O–H groups in total. The van der Waals surface area contributed by atoms with Gasteiger partial charge in [-0.15, -0.1) is 0 Å².